The molecule has 15 heavy (non-hydrogen) atoms. The van der Waals surface area contributed by atoms with E-state index in [0.29, 0.717) is 5.56 Å². The minimum absolute atomic E-state index is 0.128. The molecule has 2 unspecified atom stereocenters. The fraction of sp³-hybridized carbons (Fsp3) is 0.364. The smallest absolute Gasteiger partial charge is 0.343 e. The second-order valence-electron chi connectivity index (χ2n) is 3.13. The Morgan fingerprint density at radius 3 is 2.47 bits per heavy atom. The summed E-state index contributed by atoms with van der Waals surface area (Å²) in [5, 5.41) is 0. The molecule has 0 aliphatic heterocycles. The van der Waals surface area contributed by atoms with Crippen LogP contribution in [0.2, 0.25) is 0 Å². The van der Waals surface area contributed by atoms with Crippen molar-refractivity contribution in [3.63, 3.8) is 0 Å². The van der Waals surface area contributed by atoms with E-state index in [1.54, 1.807) is 30.3 Å². The van der Waals surface area contributed by atoms with Gasteiger partial charge in [0.1, 0.15) is 6.17 Å². The van der Waals surface area contributed by atoms with Crippen molar-refractivity contribution >= 4 is 5.97 Å². The molecule has 0 saturated heterocycles. The molecule has 0 N–H and O–H groups in total. The van der Waals surface area contributed by atoms with Crippen LogP contribution in [0.3, 0.4) is 0 Å². The van der Waals surface area contributed by atoms with Crippen LogP contribution in [0.15, 0.2) is 30.3 Å². The minimum Gasteiger partial charge on any atom is -0.467 e. The summed E-state index contributed by atoms with van der Waals surface area (Å²) in [4.78, 5) is 10.7. The van der Waals surface area contributed by atoms with E-state index in [2.05, 4.69) is 4.74 Å². The normalized spacial score (nSPS) is 14.3. The molecule has 1 rings (SSSR count). The summed E-state index contributed by atoms with van der Waals surface area (Å²) in [6.07, 6.45) is -4.20. The Bertz CT molecular complexity index is 314. The Morgan fingerprint density at radius 1 is 1.33 bits per heavy atom. The van der Waals surface area contributed by atoms with Crippen molar-refractivity contribution < 1.29 is 18.3 Å². The number of hydrogen-bond donors (Lipinski definition) is 0. The SMILES string of the molecule is COC(=O)C(F)C(F)Cc1ccccc1. The summed E-state index contributed by atoms with van der Waals surface area (Å²) in [6.45, 7) is 0. The molecule has 0 radical (unpaired) electrons. The van der Waals surface area contributed by atoms with Crippen molar-refractivity contribution in [3.05, 3.63) is 35.9 Å². The van der Waals surface area contributed by atoms with Crippen molar-refractivity contribution in [1.82, 2.24) is 0 Å². The monoisotopic (exact) mass is 214 g/mol. The van der Waals surface area contributed by atoms with Crippen LogP contribution in [-0.4, -0.2) is 25.4 Å². The van der Waals surface area contributed by atoms with Gasteiger partial charge in [-0.25, -0.2) is 13.6 Å². The third kappa shape index (κ3) is 3.31. The number of ether oxygens (including phenoxy) is 1. The van der Waals surface area contributed by atoms with Crippen molar-refractivity contribution in [2.45, 2.75) is 18.8 Å². The number of carbonyl (C=O) groups is 1. The molecule has 0 aliphatic rings. The van der Waals surface area contributed by atoms with E-state index in [1.165, 1.54) is 0 Å². The second kappa shape index (κ2) is 5.44. The van der Waals surface area contributed by atoms with E-state index >= 15 is 0 Å². The van der Waals surface area contributed by atoms with Crippen LogP contribution >= 0.6 is 0 Å². The first-order valence-corrected chi connectivity index (χ1v) is 4.55. The van der Waals surface area contributed by atoms with Crippen LogP contribution in [-0.2, 0) is 16.0 Å². The average Bonchev–Trinajstić information content (AvgIpc) is 2.28. The van der Waals surface area contributed by atoms with Gasteiger partial charge < -0.3 is 4.74 Å². The zero-order chi connectivity index (χ0) is 11.3. The summed E-state index contributed by atoms with van der Waals surface area (Å²) < 4.78 is 30.4. The largest absolute Gasteiger partial charge is 0.467 e. The molecule has 0 spiro atoms. The topological polar surface area (TPSA) is 26.3 Å². The van der Waals surface area contributed by atoms with Crippen molar-refractivity contribution in [2.75, 3.05) is 7.11 Å². The fourth-order valence-corrected chi connectivity index (χ4v) is 1.20. The van der Waals surface area contributed by atoms with E-state index in [-0.39, 0.29) is 6.42 Å². The molecule has 0 fully saturated rings. The first-order chi connectivity index (χ1) is 7.15. The van der Waals surface area contributed by atoms with Gasteiger partial charge in [-0.3, -0.25) is 0 Å². The maximum atomic E-state index is 13.2. The molecular weight excluding hydrogens is 202 g/mol. The van der Waals surface area contributed by atoms with Gasteiger partial charge in [-0.15, -0.1) is 0 Å². The third-order valence-corrected chi connectivity index (χ3v) is 2.02. The van der Waals surface area contributed by atoms with E-state index in [9.17, 15) is 13.6 Å². The van der Waals surface area contributed by atoms with Crippen LogP contribution in [0.5, 0.6) is 0 Å². The highest BCUT2D eigenvalue weighted by Gasteiger charge is 2.28. The lowest BCUT2D eigenvalue weighted by Gasteiger charge is -2.11. The number of rotatable bonds is 4. The number of carbonyl (C=O) groups excluding carboxylic acids is 1. The molecule has 2 atom stereocenters. The highest BCUT2D eigenvalue weighted by atomic mass is 19.2. The molecule has 0 bridgehead atoms. The molecule has 0 heterocycles. The first-order valence-electron chi connectivity index (χ1n) is 4.55. The van der Waals surface area contributed by atoms with E-state index in [4.69, 9.17) is 0 Å². The quantitative estimate of drug-likeness (QED) is 0.717. The Morgan fingerprint density at radius 2 is 1.93 bits per heavy atom. The molecule has 0 amide bonds. The predicted molar refractivity (Wildman–Crippen MR) is 52.0 cm³/mol. The van der Waals surface area contributed by atoms with Crippen LogP contribution in [0.4, 0.5) is 8.78 Å². The van der Waals surface area contributed by atoms with Crippen LogP contribution in [0.1, 0.15) is 5.56 Å². The van der Waals surface area contributed by atoms with Gasteiger partial charge in [0.15, 0.2) is 0 Å². The van der Waals surface area contributed by atoms with Crippen LogP contribution < -0.4 is 0 Å². The maximum Gasteiger partial charge on any atom is 0.343 e. The molecule has 1 aromatic carbocycles. The zero-order valence-corrected chi connectivity index (χ0v) is 8.32. The number of alkyl halides is 2. The predicted octanol–water partition coefficient (Wildman–Crippen LogP) is 2.08. The van der Waals surface area contributed by atoms with Crippen molar-refractivity contribution in [2.24, 2.45) is 0 Å². The standard InChI is InChI=1S/C11H12F2O2/c1-15-11(14)10(13)9(12)7-8-5-3-2-4-6-8/h2-6,9-10H,7H2,1H3. The average molecular weight is 214 g/mol. The van der Waals surface area contributed by atoms with Gasteiger partial charge in [0, 0.05) is 6.42 Å². The van der Waals surface area contributed by atoms with E-state index in [1.807, 2.05) is 0 Å². The second-order valence-corrected chi connectivity index (χ2v) is 3.13. The molecule has 0 saturated carbocycles. The minimum atomic E-state index is -2.21. The van der Waals surface area contributed by atoms with E-state index < -0.39 is 18.3 Å². The molecule has 0 aliphatic carbocycles. The molecule has 0 aromatic heterocycles. The van der Waals surface area contributed by atoms with Crippen molar-refractivity contribution in [3.8, 4) is 0 Å². The lowest BCUT2D eigenvalue weighted by Crippen LogP contribution is -2.29. The Kier molecular flexibility index (Phi) is 4.21. The van der Waals surface area contributed by atoms with Gasteiger partial charge in [-0.1, -0.05) is 30.3 Å². The third-order valence-electron chi connectivity index (χ3n) is 2.02. The van der Waals surface area contributed by atoms with Gasteiger partial charge >= 0.3 is 5.97 Å². The van der Waals surface area contributed by atoms with Crippen LogP contribution in [0.25, 0.3) is 0 Å². The van der Waals surface area contributed by atoms with Gasteiger partial charge in [0.2, 0.25) is 6.17 Å². The molecule has 4 heteroatoms. The molecular formula is C11H12F2O2. The van der Waals surface area contributed by atoms with Gasteiger partial charge in [0.05, 0.1) is 7.11 Å². The van der Waals surface area contributed by atoms with Gasteiger partial charge in [-0.2, -0.15) is 0 Å². The number of esters is 1. The van der Waals surface area contributed by atoms with E-state index in [0.717, 1.165) is 7.11 Å². The Hall–Kier alpha value is -1.45. The van der Waals surface area contributed by atoms with Gasteiger partial charge in [-0.05, 0) is 5.56 Å². The Balaban J connectivity index is 2.56. The number of benzene rings is 1. The van der Waals surface area contributed by atoms with Crippen LogP contribution in [0, 0.1) is 0 Å². The highest BCUT2D eigenvalue weighted by molar-refractivity contribution is 5.75. The highest BCUT2D eigenvalue weighted by Crippen LogP contribution is 2.12. The molecule has 82 valence electrons. The first kappa shape index (κ1) is 11.6. The number of halogens is 2. The summed E-state index contributed by atoms with van der Waals surface area (Å²) in [5.74, 6) is -1.17. The number of hydrogen-bond acceptors (Lipinski definition) is 2. The summed E-state index contributed by atoms with van der Waals surface area (Å²) in [5.41, 5.74) is 0.650. The molecule has 2 nitrogen and oxygen atoms in total. The summed E-state index contributed by atoms with van der Waals surface area (Å²) >= 11 is 0. The lowest BCUT2D eigenvalue weighted by atomic mass is 10.1. The van der Waals surface area contributed by atoms with Gasteiger partial charge in [0.25, 0.3) is 0 Å². The summed E-state index contributed by atoms with van der Waals surface area (Å²) in [6, 6.07) is 8.60. The fourth-order valence-electron chi connectivity index (χ4n) is 1.20. The van der Waals surface area contributed by atoms with Crippen molar-refractivity contribution in [1.29, 1.82) is 0 Å². The maximum absolute atomic E-state index is 13.2. The zero-order valence-electron chi connectivity index (χ0n) is 8.32. The summed E-state index contributed by atoms with van der Waals surface area (Å²) in [7, 11) is 1.03. The molecule has 1 aromatic rings. The Labute approximate surface area is 86.9 Å². The lowest BCUT2D eigenvalue weighted by molar-refractivity contribution is -0.149. The number of methoxy groups -OCH3 is 1.